The highest BCUT2D eigenvalue weighted by molar-refractivity contribution is 7.10. The van der Waals surface area contributed by atoms with Gasteiger partial charge in [-0.2, -0.15) is 0 Å². The van der Waals surface area contributed by atoms with Crippen LogP contribution in [0.2, 0.25) is 0 Å². The number of rotatable bonds is 3. The molecule has 0 aliphatic carbocycles. The quantitative estimate of drug-likeness (QED) is 0.805. The topological polar surface area (TPSA) is 72.4 Å². The Labute approximate surface area is 131 Å². The second-order valence-electron chi connectivity index (χ2n) is 5.02. The molecule has 114 valence electrons. The first-order valence-corrected chi connectivity index (χ1v) is 7.84. The Bertz CT molecular complexity index is 686. The SMILES string of the molecule is C[C@H](OC(=O)c1cnccn1)C(=O)N1CCc2sccc2C1. The number of amides is 1. The van der Waals surface area contributed by atoms with Crippen LogP contribution in [0.1, 0.15) is 27.9 Å². The highest BCUT2D eigenvalue weighted by atomic mass is 32.1. The van der Waals surface area contributed by atoms with Gasteiger partial charge in [-0.05, 0) is 30.4 Å². The molecule has 1 aliphatic heterocycles. The van der Waals surface area contributed by atoms with E-state index >= 15 is 0 Å². The molecule has 2 aromatic rings. The molecule has 3 heterocycles. The third kappa shape index (κ3) is 2.99. The van der Waals surface area contributed by atoms with E-state index in [-0.39, 0.29) is 11.6 Å². The monoisotopic (exact) mass is 317 g/mol. The van der Waals surface area contributed by atoms with Crippen molar-refractivity contribution >= 4 is 23.2 Å². The van der Waals surface area contributed by atoms with Crippen molar-refractivity contribution in [3.63, 3.8) is 0 Å². The van der Waals surface area contributed by atoms with Crippen LogP contribution < -0.4 is 0 Å². The number of carbonyl (C=O) groups excluding carboxylic acids is 2. The summed E-state index contributed by atoms with van der Waals surface area (Å²) in [5.41, 5.74) is 1.28. The third-order valence-corrected chi connectivity index (χ3v) is 4.55. The van der Waals surface area contributed by atoms with E-state index in [1.807, 2.05) is 11.4 Å². The van der Waals surface area contributed by atoms with Crippen LogP contribution >= 0.6 is 11.3 Å². The molecular weight excluding hydrogens is 302 g/mol. The van der Waals surface area contributed by atoms with Gasteiger partial charge in [0.15, 0.2) is 11.8 Å². The first-order chi connectivity index (χ1) is 10.6. The molecule has 0 fully saturated rings. The number of ether oxygens (including phenoxy) is 1. The van der Waals surface area contributed by atoms with Crippen molar-refractivity contribution in [2.45, 2.75) is 26.0 Å². The smallest absolute Gasteiger partial charge is 0.359 e. The van der Waals surface area contributed by atoms with Gasteiger partial charge in [0.1, 0.15) is 0 Å². The summed E-state index contributed by atoms with van der Waals surface area (Å²) < 4.78 is 5.19. The van der Waals surface area contributed by atoms with Gasteiger partial charge in [-0.25, -0.2) is 9.78 Å². The van der Waals surface area contributed by atoms with Crippen molar-refractivity contribution < 1.29 is 14.3 Å². The molecule has 3 rings (SSSR count). The van der Waals surface area contributed by atoms with Gasteiger partial charge in [0.25, 0.3) is 5.91 Å². The van der Waals surface area contributed by atoms with Gasteiger partial charge in [0, 0.05) is 30.4 Å². The Kier molecular flexibility index (Phi) is 4.15. The molecule has 1 atom stereocenters. The van der Waals surface area contributed by atoms with Crippen LogP contribution in [0.4, 0.5) is 0 Å². The Balaban J connectivity index is 1.62. The fourth-order valence-corrected chi connectivity index (χ4v) is 3.26. The third-order valence-electron chi connectivity index (χ3n) is 3.52. The van der Waals surface area contributed by atoms with Crippen LogP contribution in [0.15, 0.2) is 30.0 Å². The van der Waals surface area contributed by atoms with E-state index in [9.17, 15) is 9.59 Å². The summed E-state index contributed by atoms with van der Waals surface area (Å²) in [6.45, 7) is 2.81. The maximum absolute atomic E-state index is 12.4. The van der Waals surface area contributed by atoms with Gasteiger partial charge in [-0.3, -0.25) is 9.78 Å². The second-order valence-corrected chi connectivity index (χ2v) is 6.02. The molecule has 0 unspecified atom stereocenters. The van der Waals surface area contributed by atoms with E-state index in [0.717, 1.165) is 6.42 Å². The van der Waals surface area contributed by atoms with Gasteiger partial charge in [-0.1, -0.05) is 0 Å². The van der Waals surface area contributed by atoms with Crippen LogP contribution in [0.5, 0.6) is 0 Å². The molecule has 0 N–H and O–H groups in total. The average Bonchev–Trinajstić information content (AvgIpc) is 3.02. The van der Waals surface area contributed by atoms with E-state index in [4.69, 9.17) is 4.74 Å². The van der Waals surface area contributed by atoms with E-state index in [2.05, 4.69) is 9.97 Å². The Hall–Kier alpha value is -2.28. The van der Waals surface area contributed by atoms with Crippen LogP contribution in [-0.4, -0.2) is 39.4 Å². The lowest BCUT2D eigenvalue weighted by molar-refractivity contribution is -0.140. The van der Waals surface area contributed by atoms with E-state index in [0.29, 0.717) is 13.1 Å². The van der Waals surface area contributed by atoms with Gasteiger partial charge in [-0.15, -0.1) is 11.3 Å². The Morgan fingerprint density at radius 3 is 3.05 bits per heavy atom. The molecular formula is C15H15N3O3S. The van der Waals surface area contributed by atoms with Crippen molar-refractivity contribution in [1.82, 2.24) is 14.9 Å². The number of thiophene rings is 1. The molecule has 2 aromatic heterocycles. The van der Waals surface area contributed by atoms with E-state index in [1.54, 1.807) is 23.2 Å². The number of hydrogen-bond acceptors (Lipinski definition) is 6. The van der Waals surface area contributed by atoms with E-state index < -0.39 is 12.1 Å². The summed E-state index contributed by atoms with van der Waals surface area (Å²) in [6, 6.07) is 2.04. The standard InChI is InChI=1S/C15H15N3O3S/c1-10(21-15(20)12-8-16-4-5-17-12)14(19)18-6-2-13-11(9-18)3-7-22-13/h3-5,7-8,10H,2,6,9H2,1H3/t10-/m0/s1. The summed E-state index contributed by atoms with van der Waals surface area (Å²) in [4.78, 5) is 35.0. The summed E-state index contributed by atoms with van der Waals surface area (Å²) >= 11 is 1.72. The minimum absolute atomic E-state index is 0.0981. The Morgan fingerprint density at radius 2 is 2.27 bits per heavy atom. The highest BCUT2D eigenvalue weighted by Gasteiger charge is 2.28. The molecule has 7 heteroatoms. The van der Waals surface area contributed by atoms with Gasteiger partial charge >= 0.3 is 5.97 Å². The molecule has 22 heavy (non-hydrogen) atoms. The zero-order valence-corrected chi connectivity index (χ0v) is 12.9. The lowest BCUT2D eigenvalue weighted by Gasteiger charge is -2.29. The lowest BCUT2D eigenvalue weighted by Crippen LogP contribution is -2.42. The number of fused-ring (bicyclic) bond motifs is 1. The zero-order valence-electron chi connectivity index (χ0n) is 12.1. The molecule has 0 spiro atoms. The van der Waals surface area contributed by atoms with Crippen molar-refractivity contribution in [1.29, 1.82) is 0 Å². The number of aromatic nitrogens is 2. The maximum Gasteiger partial charge on any atom is 0.359 e. The summed E-state index contributed by atoms with van der Waals surface area (Å²) in [5.74, 6) is -0.823. The maximum atomic E-state index is 12.4. The van der Waals surface area contributed by atoms with Crippen LogP contribution in [0.3, 0.4) is 0 Å². The van der Waals surface area contributed by atoms with Crippen molar-refractivity contribution in [3.8, 4) is 0 Å². The molecule has 0 bridgehead atoms. The lowest BCUT2D eigenvalue weighted by atomic mass is 10.1. The molecule has 1 amide bonds. The number of nitrogens with zero attached hydrogens (tertiary/aromatic N) is 3. The predicted molar refractivity (Wildman–Crippen MR) is 80.3 cm³/mol. The summed E-state index contributed by atoms with van der Waals surface area (Å²) in [5, 5.41) is 2.04. The summed E-state index contributed by atoms with van der Waals surface area (Å²) in [7, 11) is 0. The fourth-order valence-electron chi connectivity index (χ4n) is 2.37. The van der Waals surface area contributed by atoms with E-state index in [1.165, 1.54) is 29.0 Å². The number of carbonyl (C=O) groups is 2. The normalized spacial score (nSPS) is 15.0. The first kappa shape index (κ1) is 14.6. The molecule has 0 saturated carbocycles. The fraction of sp³-hybridized carbons (Fsp3) is 0.333. The first-order valence-electron chi connectivity index (χ1n) is 6.96. The zero-order chi connectivity index (χ0) is 15.5. The molecule has 6 nitrogen and oxygen atoms in total. The van der Waals surface area contributed by atoms with Gasteiger partial charge in [0.2, 0.25) is 0 Å². The number of hydrogen-bond donors (Lipinski definition) is 0. The van der Waals surface area contributed by atoms with Crippen LogP contribution in [0.25, 0.3) is 0 Å². The minimum atomic E-state index is -0.838. The molecule has 1 aliphatic rings. The summed E-state index contributed by atoms with van der Waals surface area (Å²) in [6.07, 6.45) is 4.21. The number of esters is 1. The molecule has 0 saturated heterocycles. The largest absolute Gasteiger partial charge is 0.448 e. The molecule has 0 radical (unpaired) electrons. The van der Waals surface area contributed by atoms with Crippen molar-refractivity contribution in [3.05, 3.63) is 46.2 Å². The predicted octanol–water partition coefficient (Wildman–Crippen LogP) is 1.67. The second kappa shape index (κ2) is 6.23. The van der Waals surface area contributed by atoms with Gasteiger partial charge < -0.3 is 9.64 Å². The average molecular weight is 317 g/mol. The van der Waals surface area contributed by atoms with Crippen molar-refractivity contribution in [2.24, 2.45) is 0 Å². The van der Waals surface area contributed by atoms with Gasteiger partial charge in [0.05, 0.1) is 6.20 Å². The Morgan fingerprint density at radius 1 is 1.41 bits per heavy atom. The minimum Gasteiger partial charge on any atom is -0.448 e. The van der Waals surface area contributed by atoms with Crippen LogP contribution in [-0.2, 0) is 22.5 Å². The van der Waals surface area contributed by atoms with Crippen LogP contribution in [0, 0.1) is 0 Å². The highest BCUT2D eigenvalue weighted by Crippen LogP contribution is 2.24. The molecule has 0 aromatic carbocycles. The van der Waals surface area contributed by atoms with Crippen molar-refractivity contribution in [2.75, 3.05) is 6.54 Å².